The van der Waals surface area contributed by atoms with Gasteiger partial charge in [-0.25, -0.2) is 14.1 Å². The highest BCUT2D eigenvalue weighted by molar-refractivity contribution is 6.31. The second-order valence-electron chi connectivity index (χ2n) is 7.59. The lowest BCUT2D eigenvalue weighted by atomic mass is 10.1. The molecule has 8 heteroatoms. The van der Waals surface area contributed by atoms with Gasteiger partial charge in [0.2, 0.25) is 5.95 Å². The molecule has 5 aromatic rings. The second-order valence-corrected chi connectivity index (χ2v) is 8.00. The number of hydrogen-bond donors (Lipinski definition) is 2. The topological polar surface area (TPSA) is 81.7 Å². The average molecular weight is 459 g/mol. The van der Waals surface area contributed by atoms with Crippen molar-refractivity contribution in [3.05, 3.63) is 101 Å². The molecule has 3 N–H and O–H groups in total. The van der Waals surface area contributed by atoms with E-state index in [1.807, 2.05) is 60.7 Å². The number of aromatic nitrogens is 4. The van der Waals surface area contributed by atoms with Crippen LogP contribution in [0.3, 0.4) is 0 Å². The molecule has 0 aliphatic heterocycles. The van der Waals surface area contributed by atoms with Crippen LogP contribution in [0.4, 0.5) is 16.2 Å². The molecule has 6 nitrogen and oxygen atoms in total. The zero-order valence-corrected chi connectivity index (χ0v) is 18.3. The van der Waals surface area contributed by atoms with Crippen LogP contribution in [0.1, 0.15) is 11.1 Å². The first-order valence-corrected chi connectivity index (χ1v) is 10.8. The third-order valence-corrected chi connectivity index (χ3v) is 5.59. The van der Waals surface area contributed by atoms with Crippen molar-refractivity contribution in [1.82, 2.24) is 19.7 Å². The minimum absolute atomic E-state index is 0.00769. The largest absolute Gasteiger partial charge is 0.383 e. The number of halogens is 2. The molecule has 33 heavy (non-hydrogen) atoms. The van der Waals surface area contributed by atoms with E-state index in [9.17, 15) is 4.39 Å². The molecule has 0 unspecified atom stereocenters. The predicted octanol–water partition coefficient (Wildman–Crippen LogP) is 5.53. The number of benzene rings is 3. The van der Waals surface area contributed by atoms with Gasteiger partial charge in [-0.15, -0.1) is 5.10 Å². The van der Waals surface area contributed by atoms with Crippen molar-refractivity contribution in [3.8, 4) is 11.3 Å². The quantitative estimate of drug-likeness (QED) is 0.349. The summed E-state index contributed by atoms with van der Waals surface area (Å²) < 4.78 is 15.5. The van der Waals surface area contributed by atoms with E-state index in [1.54, 1.807) is 10.7 Å². The Morgan fingerprint density at radius 1 is 0.909 bits per heavy atom. The number of nitrogens with two attached hydrogens (primary N) is 1. The molecule has 5 rings (SSSR count). The highest BCUT2D eigenvalue weighted by Gasteiger charge is 2.19. The maximum atomic E-state index is 13.8. The Labute approximate surface area is 194 Å². The lowest BCUT2D eigenvalue weighted by Crippen LogP contribution is -2.05. The van der Waals surface area contributed by atoms with E-state index in [-0.39, 0.29) is 5.02 Å². The molecule has 0 saturated heterocycles. The van der Waals surface area contributed by atoms with Crippen molar-refractivity contribution in [1.29, 1.82) is 0 Å². The molecular formula is C25H20ClFN6. The molecule has 0 bridgehead atoms. The van der Waals surface area contributed by atoms with Gasteiger partial charge in [0.25, 0.3) is 0 Å². The summed E-state index contributed by atoms with van der Waals surface area (Å²) in [6.07, 6.45) is 0. The van der Waals surface area contributed by atoms with E-state index < -0.39 is 5.82 Å². The summed E-state index contributed by atoms with van der Waals surface area (Å²) in [5, 5.41) is 8.49. The van der Waals surface area contributed by atoms with Crippen LogP contribution in [0.15, 0.2) is 78.9 Å². The van der Waals surface area contributed by atoms with Crippen molar-refractivity contribution < 1.29 is 4.39 Å². The fraction of sp³-hybridized carbons (Fsp3) is 0.0800. The fourth-order valence-corrected chi connectivity index (χ4v) is 3.82. The van der Waals surface area contributed by atoms with Crippen LogP contribution < -0.4 is 11.1 Å². The first kappa shape index (κ1) is 20.9. The van der Waals surface area contributed by atoms with Crippen LogP contribution in [0.2, 0.25) is 5.02 Å². The van der Waals surface area contributed by atoms with Gasteiger partial charge in [0.05, 0.1) is 22.6 Å². The van der Waals surface area contributed by atoms with E-state index >= 15 is 0 Å². The number of rotatable bonds is 6. The minimum Gasteiger partial charge on any atom is -0.383 e. The highest BCUT2D eigenvalue weighted by atomic mass is 35.5. The van der Waals surface area contributed by atoms with Gasteiger partial charge in [-0.2, -0.15) is 4.98 Å². The maximum Gasteiger partial charge on any atom is 0.225 e. The number of nitrogens with one attached hydrogen (secondary N) is 1. The van der Waals surface area contributed by atoms with Gasteiger partial charge in [0, 0.05) is 12.1 Å². The molecule has 0 spiro atoms. The van der Waals surface area contributed by atoms with Gasteiger partial charge in [-0.05, 0) is 29.3 Å². The SMILES string of the molecule is Nc1c2c(-c3ccc(F)c(Cl)c3)nc(NCc3ccccc3)nc2nn1Cc1ccccc1. The van der Waals surface area contributed by atoms with Crippen LogP contribution >= 0.6 is 11.6 Å². The Balaban J connectivity index is 1.61. The monoisotopic (exact) mass is 458 g/mol. The zero-order valence-electron chi connectivity index (χ0n) is 17.5. The molecule has 0 amide bonds. The molecule has 0 atom stereocenters. The van der Waals surface area contributed by atoms with Crippen LogP contribution in [-0.2, 0) is 13.1 Å². The molecule has 0 fully saturated rings. The number of hydrogen-bond acceptors (Lipinski definition) is 5. The third-order valence-electron chi connectivity index (χ3n) is 5.30. The van der Waals surface area contributed by atoms with Gasteiger partial charge in [-0.1, -0.05) is 72.3 Å². The molecule has 0 saturated carbocycles. The van der Waals surface area contributed by atoms with Crippen molar-refractivity contribution in [2.24, 2.45) is 0 Å². The molecule has 0 aliphatic rings. The first-order valence-electron chi connectivity index (χ1n) is 10.4. The normalized spacial score (nSPS) is 11.1. The summed E-state index contributed by atoms with van der Waals surface area (Å²) >= 11 is 6.06. The van der Waals surface area contributed by atoms with E-state index in [1.165, 1.54) is 12.1 Å². The Hall–Kier alpha value is -3.97. The summed E-state index contributed by atoms with van der Waals surface area (Å²) in [4.78, 5) is 9.30. The van der Waals surface area contributed by atoms with Gasteiger partial charge >= 0.3 is 0 Å². The lowest BCUT2D eigenvalue weighted by molar-refractivity contribution is 0.628. The lowest BCUT2D eigenvalue weighted by Gasteiger charge is -2.09. The fourth-order valence-electron chi connectivity index (χ4n) is 3.64. The van der Waals surface area contributed by atoms with E-state index in [0.29, 0.717) is 47.1 Å². The van der Waals surface area contributed by atoms with Gasteiger partial charge < -0.3 is 11.1 Å². The molecular weight excluding hydrogens is 439 g/mol. The van der Waals surface area contributed by atoms with Crippen LogP contribution in [0.25, 0.3) is 22.3 Å². The van der Waals surface area contributed by atoms with Crippen molar-refractivity contribution in [2.45, 2.75) is 13.1 Å². The number of nitrogen functional groups attached to an aromatic ring is 1. The van der Waals surface area contributed by atoms with Crippen molar-refractivity contribution >= 4 is 34.4 Å². The molecule has 0 aliphatic carbocycles. The number of anilines is 2. The van der Waals surface area contributed by atoms with Crippen LogP contribution in [0, 0.1) is 5.82 Å². The van der Waals surface area contributed by atoms with Crippen molar-refractivity contribution in [2.75, 3.05) is 11.1 Å². The second kappa shape index (κ2) is 8.88. The summed E-state index contributed by atoms with van der Waals surface area (Å²) in [6, 6.07) is 24.3. The van der Waals surface area contributed by atoms with Crippen LogP contribution in [0.5, 0.6) is 0 Å². The molecule has 2 heterocycles. The summed E-state index contributed by atoms with van der Waals surface area (Å²) in [5.74, 6) is 0.325. The predicted molar refractivity (Wildman–Crippen MR) is 129 cm³/mol. The Morgan fingerprint density at radius 2 is 1.61 bits per heavy atom. The van der Waals surface area contributed by atoms with Crippen molar-refractivity contribution in [3.63, 3.8) is 0 Å². The van der Waals surface area contributed by atoms with E-state index in [4.69, 9.17) is 22.3 Å². The summed E-state index contributed by atoms with van der Waals surface area (Å²) in [6.45, 7) is 1.02. The number of nitrogens with zero attached hydrogens (tertiary/aromatic N) is 4. The first-order chi connectivity index (χ1) is 16.1. The van der Waals surface area contributed by atoms with Crippen LogP contribution in [-0.4, -0.2) is 19.7 Å². The van der Waals surface area contributed by atoms with Gasteiger partial charge in [-0.3, -0.25) is 0 Å². The minimum atomic E-state index is -0.499. The van der Waals surface area contributed by atoms with E-state index in [2.05, 4.69) is 15.4 Å². The Kier molecular flexibility index (Phi) is 5.62. The summed E-state index contributed by atoms with van der Waals surface area (Å²) in [7, 11) is 0. The maximum absolute atomic E-state index is 13.8. The molecule has 0 radical (unpaired) electrons. The van der Waals surface area contributed by atoms with Gasteiger partial charge in [0.1, 0.15) is 11.6 Å². The average Bonchev–Trinajstić information content (AvgIpc) is 3.15. The molecule has 164 valence electrons. The summed E-state index contributed by atoms with van der Waals surface area (Å²) in [5.41, 5.74) is 10.3. The third kappa shape index (κ3) is 4.36. The Morgan fingerprint density at radius 3 is 2.30 bits per heavy atom. The smallest absolute Gasteiger partial charge is 0.225 e. The Bertz CT molecular complexity index is 1420. The highest BCUT2D eigenvalue weighted by Crippen LogP contribution is 2.33. The van der Waals surface area contributed by atoms with Gasteiger partial charge in [0.15, 0.2) is 5.65 Å². The zero-order chi connectivity index (χ0) is 22.8. The standard InChI is InChI=1S/C25H20ClFN6/c26-19-13-18(11-12-20(19)27)22-21-23(28)33(15-17-9-5-2-6-10-17)32-24(21)31-25(30-22)29-14-16-7-3-1-4-8-16/h1-13H,14-15,28H2,(H,29,31,32). The van der Waals surface area contributed by atoms with E-state index in [0.717, 1.165) is 11.1 Å². The molecule has 2 aromatic heterocycles. The molecule has 3 aromatic carbocycles. The number of fused-ring (bicyclic) bond motifs is 1.